The summed E-state index contributed by atoms with van der Waals surface area (Å²) in [6, 6.07) is 0.267. The lowest BCUT2D eigenvalue weighted by atomic mass is 10.0. The van der Waals surface area contributed by atoms with E-state index in [9.17, 15) is 4.79 Å². The fourth-order valence-corrected chi connectivity index (χ4v) is 2.83. The van der Waals surface area contributed by atoms with Gasteiger partial charge in [-0.2, -0.15) is 11.8 Å². The monoisotopic (exact) mass is 246 g/mol. The molecule has 4 heteroatoms. The van der Waals surface area contributed by atoms with Crippen LogP contribution in [-0.2, 0) is 4.79 Å². The third-order valence-electron chi connectivity index (χ3n) is 2.38. The van der Waals surface area contributed by atoms with Crippen LogP contribution in [0.3, 0.4) is 0 Å². The van der Waals surface area contributed by atoms with Crippen LogP contribution in [0.4, 0.5) is 0 Å². The molecule has 0 bridgehead atoms. The summed E-state index contributed by atoms with van der Waals surface area (Å²) in [4.78, 5) is 11.4. The van der Waals surface area contributed by atoms with Crippen molar-refractivity contribution >= 4 is 17.7 Å². The van der Waals surface area contributed by atoms with Gasteiger partial charge in [-0.3, -0.25) is 4.79 Å². The average Bonchev–Trinajstić information content (AvgIpc) is 2.10. The van der Waals surface area contributed by atoms with Crippen molar-refractivity contribution in [3.8, 4) is 0 Å². The van der Waals surface area contributed by atoms with Crippen molar-refractivity contribution in [1.29, 1.82) is 0 Å². The highest BCUT2D eigenvalue weighted by atomic mass is 32.2. The molecule has 0 fully saturated rings. The van der Waals surface area contributed by atoms with Crippen LogP contribution in [0.1, 0.15) is 41.0 Å². The van der Waals surface area contributed by atoms with Crippen molar-refractivity contribution < 1.29 is 4.79 Å². The summed E-state index contributed by atoms with van der Waals surface area (Å²) in [5, 5.41) is 3.25. The first-order valence-corrected chi connectivity index (χ1v) is 7.08. The van der Waals surface area contributed by atoms with Gasteiger partial charge in [-0.05, 0) is 38.9 Å². The van der Waals surface area contributed by atoms with Gasteiger partial charge in [0.05, 0.1) is 0 Å². The minimum absolute atomic E-state index is 0.266. The number of carbonyl (C=O) groups excluding carboxylic acids is 1. The van der Waals surface area contributed by atoms with Crippen LogP contribution < -0.4 is 11.1 Å². The maximum Gasteiger partial charge on any atom is 0.238 e. The Morgan fingerprint density at radius 1 is 1.38 bits per heavy atom. The van der Waals surface area contributed by atoms with Gasteiger partial charge in [0.1, 0.15) is 5.54 Å². The van der Waals surface area contributed by atoms with E-state index in [2.05, 4.69) is 19.2 Å². The van der Waals surface area contributed by atoms with Gasteiger partial charge in [-0.1, -0.05) is 13.8 Å². The Morgan fingerprint density at radius 2 is 1.94 bits per heavy atom. The smallest absolute Gasteiger partial charge is 0.238 e. The van der Waals surface area contributed by atoms with E-state index >= 15 is 0 Å². The van der Waals surface area contributed by atoms with Crippen molar-refractivity contribution in [3.63, 3.8) is 0 Å². The normalized spacial score (nSPS) is 15.4. The second-order valence-corrected chi connectivity index (χ2v) is 6.34. The molecule has 1 amide bonds. The Kier molecular flexibility index (Phi) is 7.07. The number of carbonyl (C=O) groups is 1. The van der Waals surface area contributed by atoms with Crippen LogP contribution in [0, 0.1) is 5.92 Å². The molecule has 3 N–H and O–H groups in total. The maximum absolute atomic E-state index is 11.4. The predicted octanol–water partition coefficient (Wildman–Crippen LogP) is 2.01. The molecule has 0 aliphatic carbocycles. The van der Waals surface area contributed by atoms with E-state index in [1.807, 2.05) is 20.8 Å². The summed E-state index contributed by atoms with van der Waals surface area (Å²) in [6.45, 7) is 10.4. The molecular weight excluding hydrogens is 220 g/mol. The predicted molar refractivity (Wildman–Crippen MR) is 72.7 cm³/mol. The van der Waals surface area contributed by atoms with Crippen LogP contribution >= 0.6 is 11.8 Å². The van der Waals surface area contributed by atoms with Gasteiger partial charge in [0.2, 0.25) is 5.91 Å². The molecule has 0 aliphatic heterocycles. The SMILES string of the molecule is CC(C)CCSCC(C)(NC(C)C)C(N)=O. The molecule has 1 unspecified atom stereocenters. The molecule has 1 atom stereocenters. The Bertz CT molecular complexity index is 219. The zero-order chi connectivity index (χ0) is 12.8. The maximum atomic E-state index is 11.4. The molecule has 0 aliphatic rings. The van der Waals surface area contributed by atoms with Crippen LogP contribution in [0.2, 0.25) is 0 Å². The van der Waals surface area contributed by atoms with Crippen LogP contribution in [0.15, 0.2) is 0 Å². The standard InChI is InChI=1S/C12H26N2OS/c1-9(2)6-7-16-8-12(5,11(13)15)14-10(3)4/h9-10,14H,6-8H2,1-5H3,(H2,13,15). The van der Waals surface area contributed by atoms with E-state index in [1.54, 1.807) is 11.8 Å². The van der Waals surface area contributed by atoms with Gasteiger partial charge < -0.3 is 11.1 Å². The molecule has 0 spiro atoms. The van der Waals surface area contributed by atoms with E-state index in [0.717, 1.165) is 11.5 Å². The number of amides is 1. The Hall–Kier alpha value is -0.220. The van der Waals surface area contributed by atoms with Crippen molar-refractivity contribution in [2.45, 2.75) is 52.6 Å². The van der Waals surface area contributed by atoms with Gasteiger partial charge in [-0.15, -0.1) is 0 Å². The summed E-state index contributed by atoms with van der Waals surface area (Å²) in [7, 11) is 0. The van der Waals surface area contributed by atoms with E-state index in [0.29, 0.717) is 5.92 Å². The highest BCUT2D eigenvalue weighted by Gasteiger charge is 2.31. The molecule has 0 heterocycles. The van der Waals surface area contributed by atoms with Crippen molar-refractivity contribution in [2.24, 2.45) is 11.7 Å². The minimum Gasteiger partial charge on any atom is -0.368 e. The van der Waals surface area contributed by atoms with E-state index in [1.165, 1.54) is 6.42 Å². The number of thioether (sulfide) groups is 1. The van der Waals surface area contributed by atoms with Crippen molar-refractivity contribution in [2.75, 3.05) is 11.5 Å². The van der Waals surface area contributed by atoms with Crippen molar-refractivity contribution in [1.82, 2.24) is 5.32 Å². The lowest BCUT2D eigenvalue weighted by Gasteiger charge is -2.29. The Balaban J connectivity index is 4.08. The summed E-state index contributed by atoms with van der Waals surface area (Å²) >= 11 is 1.80. The zero-order valence-corrected chi connectivity index (χ0v) is 12.0. The molecule has 16 heavy (non-hydrogen) atoms. The van der Waals surface area contributed by atoms with Crippen LogP contribution in [-0.4, -0.2) is 29.0 Å². The molecule has 96 valence electrons. The topological polar surface area (TPSA) is 55.1 Å². The molecule has 0 aromatic heterocycles. The summed E-state index contributed by atoms with van der Waals surface area (Å²) < 4.78 is 0. The third kappa shape index (κ3) is 6.38. The minimum atomic E-state index is -0.587. The summed E-state index contributed by atoms with van der Waals surface area (Å²) in [6.07, 6.45) is 1.18. The summed E-state index contributed by atoms with van der Waals surface area (Å²) in [5.74, 6) is 2.27. The van der Waals surface area contributed by atoms with Crippen LogP contribution in [0.5, 0.6) is 0 Å². The first kappa shape index (κ1) is 15.8. The number of hydrogen-bond donors (Lipinski definition) is 2. The quantitative estimate of drug-likeness (QED) is 0.644. The second-order valence-electron chi connectivity index (χ2n) is 5.23. The third-order valence-corrected chi connectivity index (χ3v) is 3.69. The van der Waals surface area contributed by atoms with Crippen molar-refractivity contribution in [3.05, 3.63) is 0 Å². The highest BCUT2D eigenvalue weighted by molar-refractivity contribution is 7.99. The average molecular weight is 246 g/mol. The fourth-order valence-electron chi connectivity index (χ4n) is 1.42. The zero-order valence-electron chi connectivity index (χ0n) is 11.2. The first-order chi connectivity index (χ1) is 7.28. The van der Waals surface area contributed by atoms with Gasteiger partial charge in [0.15, 0.2) is 0 Å². The second kappa shape index (κ2) is 7.17. The largest absolute Gasteiger partial charge is 0.368 e. The van der Waals surface area contributed by atoms with E-state index in [4.69, 9.17) is 5.73 Å². The molecule has 0 aromatic carbocycles. The highest BCUT2D eigenvalue weighted by Crippen LogP contribution is 2.16. The van der Waals surface area contributed by atoms with E-state index in [-0.39, 0.29) is 11.9 Å². The molecule has 0 saturated carbocycles. The molecule has 0 saturated heterocycles. The molecule has 0 radical (unpaired) electrons. The lowest BCUT2D eigenvalue weighted by Crippen LogP contribution is -2.57. The molecule has 0 rings (SSSR count). The van der Waals surface area contributed by atoms with E-state index < -0.39 is 5.54 Å². The Labute approximate surface area is 104 Å². The first-order valence-electron chi connectivity index (χ1n) is 5.93. The molecule has 0 aromatic rings. The van der Waals surface area contributed by atoms with Gasteiger partial charge in [0.25, 0.3) is 0 Å². The number of nitrogens with one attached hydrogen (secondary N) is 1. The molecule has 3 nitrogen and oxygen atoms in total. The number of primary amides is 1. The summed E-state index contributed by atoms with van der Waals surface area (Å²) in [5.41, 5.74) is 4.86. The van der Waals surface area contributed by atoms with Gasteiger partial charge in [-0.25, -0.2) is 0 Å². The molecular formula is C12H26N2OS. The number of rotatable bonds is 8. The Morgan fingerprint density at radius 3 is 2.31 bits per heavy atom. The van der Waals surface area contributed by atoms with Gasteiger partial charge >= 0.3 is 0 Å². The number of nitrogens with two attached hydrogens (primary N) is 1. The van der Waals surface area contributed by atoms with Gasteiger partial charge in [0, 0.05) is 11.8 Å². The number of hydrogen-bond acceptors (Lipinski definition) is 3. The van der Waals surface area contributed by atoms with Crippen LogP contribution in [0.25, 0.3) is 0 Å². The lowest BCUT2D eigenvalue weighted by molar-refractivity contribution is -0.123. The fraction of sp³-hybridized carbons (Fsp3) is 0.917.